The van der Waals surface area contributed by atoms with Gasteiger partial charge in [0.15, 0.2) is 0 Å². The molecule has 1 amide bonds. The Morgan fingerprint density at radius 1 is 1.24 bits per heavy atom. The molecule has 0 bridgehead atoms. The van der Waals surface area contributed by atoms with Gasteiger partial charge in [-0.1, -0.05) is 24.6 Å². The van der Waals surface area contributed by atoms with E-state index in [1.54, 1.807) is 5.01 Å². The molecule has 1 heterocycles. The molecule has 1 aliphatic rings. The molecule has 0 unspecified atom stereocenters. The summed E-state index contributed by atoms with van der Waals surface area (Å²) < 4.78 is 0. The number of rotatable bonds is 2. The zero-order chi connectivity index (χ0) is 12.6. The standard InChI is InChI=1S/C14H18N2O/c1-5-12-8-13(17)16(15-12)14-10(3)6-9(2)7-11(14)4/h6-7H,5,8H2,1-4H3. The molecule has 0 atom stereocenters. The van der Waals surface area contributed by atoms with Crippen molar-refractivity contribution in [3.63, 3.8) is 0 Å². The molecule has 3 nitrogen and oxygen atoms in total. The number of hydrogen-bond acceptors (Lipinski definition) is 2. The highest BCUT2D eigenvalue weighted by molar-refractivity contribution is 6.13. The topological polar surface area (TPSA) is 32.7 Å². The number of anilines is 1. The number of carbonyl (C=O) groups is 1. The second-order valence-corrected chi connectivity index (χ2v) is 4.65. The van der Waals surface area contributed by atoms with E-state index in [9.17, 15) is 4.79 Å². The summed E-state index contributed by atoms with van der Waals surface area (Å²) in [4.78, 5) is 11.9. The Labute approximate surface area is 102 Å². The number of nitrogens with zero attached hydrogens (tertiary/aromatic N) is 2. The molecule has 0 radical (unpaired) electrons. The lowest BCUT2D eigenvalue weighted by Crippen LogP contribution is -2.21. The number of amides is 1. The summed E-state index contributed by atoms with van der Waals surface area (Å²) in [6, 6.07) is 4.18. The molecule has 3 heteroatoms. The minimum Gasteiger partial charge on any atom is -0.272 e. The summed E-state index contributed by atoms with van der Waals surface area (Å²) in [5.41, 5.74) is 5.35. The first-order valence-electron chi connectivity index (χ1n) is 6.00. The molecule has 1 aromatic rings. The Hall–Kier alpha value is -1.64. The summed E-state index contributed by atoms with van der Waals surface area (Å²) in [6.45, 7) is 8.16. The third-order valence-electron chi connectivity index (χ3n) is 3.09. The van der Waals surface area contributed by atoms with Crippen molar-refractivity contribution in [3.8, 4) is 0 Å². The van der Waals surface area contributed by atoms with Gasteiger partial charge < -0.3 is 0 Å². The van der Waals surface area contributed by atoms with Crippen molar-refractivity contribution in [2.75, 3.05) is 5.01 Å². The Bertz CT molecular complexity index is 480. The lowest BCUT2D eigenvalue weighted by Gasteiger charge is -2.18. The first-order valence-corrected chi connectivity index (χ1v) is 6.00. The second-order valence-electron chi connectivity index (χ2n) is 4.65. The fraction of sp³-hybridized carbons (Fsp3) is 0.429. The van der Waals surface area contributed by atoms with Crippen LogP contribution in [0.4, 0.5) is 5.69 Å². The van der Waals surface area contributed by atoms with Crippen LogP contribution < -0.4 is 5.01 Å². The highest BCUT2D eigenvalue weighted by Crippen LogP contribution is 2.29. The Kier molecular flexibility index (Phi) is 3.01. The summed E-state index contributed by atoms with van der Waals surface area (Å²) in [7, 11) is 0. The van der Waals surface area contributed by atoms with E-state index in [1.165, 1.54) is 5.56 Å². The maximum atomic E-state index is 11.9. The van der Waals surface area contributed by atoms with Crippen LogP contribution in [0.5, 0.6) is 0 Å². The van der Waals surface area contributed by atoms with Crippen molar-refractivity contribution in [1.82, 2.24) is 0 Å². The van der Waals surface area contributed by atoms with Gasteiger partial charge in [-0.15, -0.1) is 0 Å². The van der Waals surface area contributed by atoms with Crippen LogP contribution in [0.1, 0.15) is 36.5 Å². The van der Waals surface area contributed by atoms with Crippen LogP contribution in [0.15, 0.2) is 17.2 Å². The number of benzene rings is 1. The summed E-state index contributed by atoms with van der Waals surface area (Å²) >= 11 is 0. The zero-order valence-electron chi connectivity index (χ0n) is 10.9. The highest BCUT2D eigenvalue weighted by atomic mass is 16.2. The molecule has 0 aromatic heterocycles. The van der Waals surface area contributed by atoms with E-state index < -0.39 is 0 Å². The average molecular weight is 230 g/mol. The predicted molar refractivity (Wildman–Crippen MR) is 70.5 cm³/mol. The molecule has 1 aromatic carbocycles. The van der Waals surface area contributed by atoms with Crippen molar-refractivity contribution in [3.05, 3.63) is 28.8 Å². The van der Waals surface area contributed by atoms with Crippen LogP contribution in [-0.4, -0.2) is 11.6 Å². The van der Waals surface area contributed by atoms with E-state index in [0.717, 1.165) is 28.9 Å². The van der Waals surface area contributed by atoms with E-state index in [0.29, 0.717) is 6.42 Å². The summed E-state index contributed by atoms with van der Waals surface area (Å²) in [5.74, 6) is 0.0805. The van der Waals surface area contributed by atoms with Crippen molar-refractivity contribution in [2.45, 2.75) is 40.5 Å². The van der Waals surface area contributed by atoms with E-state index in [1.807, 2.05) is 20.8 Å². The largest absolute Gasteiger partial charge is 0.272 e. The van der Waals surface area contributed by atoms with Gasteiger partial charge in [-0.05, 0) is 38.3 Å². The van der Waals surface area contributed by atoms with Gasteiger partial charge in [-0.3, -0.25) is 4.79 Å². The summed E-state index contributed by atoms with van der Waals surface area (Å²) in [5, 5.41) is 5.98. The van der Waals surface area contributed by atoms with Gasteiger partial charge in [-0.25, -0.2) is 0 Å². The Morgan fingerprint density at radius 2 is 1.82 bits per heavy atom. The van der Waals surface area contributed by atoms with Gasteiger partial charge in [0.1, 0.15) is 0 Å². The third-order valence-corrected chi connectivity index (χ3v) is 3.09. The van der Waals surface area contributed by atoms with Gasteiger partial charge in [-0.2, -0.15) is 10.1 Å². The van der Waals surface area contributed by atoms with E-state index in [-0.39, 0.29) is 5.91 Å². The zero-order valence-corrected chi connectivity index (χ0v) is 10.9. The average Bonchev–Trinajstić information content (AvgIpc) is 2.59. The molecular formula is C14H18N2O. The normalized spacial score (nSPS) is 15.4. The molecule has 0 N–H and O–H groups in total. The number of hydrazone groups is 1. The summed E-state index contributed by atoms with van der Waals surface area (Å²) in [6.07, 6.45) is 1.30. The smallest absolute Gasteiger partial charge is 0.253 e. The molecule has 0 saturated carbocycles. The molecule has 0 saturated heterocycles. The lowest BCUT2D eigenvalue weighted by atomic mass is 10.0. The van der Waals surface area contributed by atoms with Crippen LogP contribution in [0.2, 0.25) is 0 Å². The quantitative estimate of drug-likeness (QED) is 0.768. The van der Waals surface area contributed by atoms with Gasteiger partial charge in [0.25, 0.3) is 5.91 Å². The molecule has 90 valence electrons. The van der Waals surface area contributed by atoms with Crippen molar-refractivity contribution in [1.29, 1.82) is 0 Å². The van der Waals surface area contributed by atoms with Crippen LogP contribution in [0, 0.1) is 20.8 Å². The van der Waals surface area contributed by atoms with Crippen molar-refractivity contribution >= 4 is 17.3 Å². The van der Waals surface area contributed by atoms with Crippen LogP contribution in [0.3, 0.4) is 0 Å². The van der Waals surface area contributed by atoms with E-state index in [4.69, 9.17) is 0 Å². The Morgan fingerprint density at radius 3 is 2.29 bits per heavy atom. The molecule has 0 spiro atoms. The highest BCUT2D eigenvalue weighted by Gasteiger charge is 2.26. The minimum atomic E-state index is 0.0805. The van der Waals surface area contributed by atoms with Crippen molar-refractivity contribution < 1.29 is 4.79 Å². The van der Waals surface area contributed by atoms with Gasteiger partial charge in [0, 0.05) is 5.71 Å². The van der Waals surface area contributed by atoms with E-state index >= 15 is 0 Å². The molecule has 0 aliphatic carbocycles. The minimum absolute atomic E-state index is 0.0805. The molecule has 17 heavy (non-hydrogen) atoms. The maximum absolute atomic E-state index is 11.9. The van der Waals surface area contributed by atoms with Crippen LogP contribution >= 0.6 is 0 Å². The molecule has 2 rings (SSSR count). The monoisotopic (exact) mass is 230 g/mol. The SMILES string of the molecule is CCC1=NN(c2c(C)cc(C)cc2C)C(=O)C1. The third kappa shape index (κ3) is 2.09. The molecular weight excluding hydrogens is 212 g/mol. The lowest BCUT2D eigenvalue weighted by molar-refractivity contribution is -0.116. The van der Waals surface area contributed by atoms with Crippen molar-refractivity contribution in [2.24, 2.45) is 5.10 Å². The van der Waals surface area contributed by atoms with Gasteiger partial charge >= 0.3 is 0 Å². The molecule has 0 fully saturated rings. The number of aryl methyl sites for hydroxylation is 3. The van der Waals surface area contributed by atoms with Gasteiger partial charge in [0.2, 0.25) is 0 Å². The first kappa shape index (κ1) is 11.8. The van der Waals surface area contributed by atoms with Crippen LogP contribution in [0.25, 0.3) is 0 Å². The maximum Gasteiger partial charge on any atom is 0.253 e. The number of hydrogen-bond donors (Lipinski definition) is 0. The van der Waals surface area contributed by atoms with Gasteiger partial charge in [0.05, 0.1) is 12.1 Å². The molecule has 1 aliphatic heterocycles. The van der Waals surface area contributed by atoms with E-state index in [2.05, 4.69) is 24.2 Å². The predicted octanol–water partition coefficient (Wildman–Crippen LogP) is 3.11. The fourth-order valence-electron chi connectivity index (χ4n) is 2.36. The Balaban J connectivity index is 2.48. The second kappa shape index (κ2) is 4.32. The first-order chi connectivity index (χ1) is 8.02. The fourth-order valence-corrected chi connectivity index (χ4v) is 2.36. The van der Waals surface area contributed by atoms with Crippen LogP contribution in [-0.2, 0) is 4.79 Å². The number of carbonyl (C=O) groups excluding carboxylic acids is 1.